The van der Waals surface area contributed by atoms with Crippen LogP contribution in [-0.2, 0) is 0 Å². The van der Waals surface area contributed by atoms with Gasteiger partial charge in [-0.15, -0.1) is 0 Å². The first kappa shape index (κ1) is 7.47. The molecule has 1 aromatic carbocycles. The molecule has 0 fully saturated rings. The van der Waals surface area contributed by atoms with Crippen molar-refractivity contribution in [3.8, 4) is 0 Å². The summed E-state index contributed by atoms with van der Waals surface area (Å²) in [6.07, 6.45) is 0. The van der Waals surface area contributed by atoms with Crippen molar-refractivity contribution in [1.82, 2.24) is 0 Å². The first-order chi connectivity index (χ1) is 4.20. The zero-order valence-corrected chi connectivity index (χ0v) is 9.13. The van der Waals surface area contributed by atoms with Gasteiger partial charge in [0.25, 0.3) is 0 Å². The van der Waals surface area contributed by atoms with Crippen LogP contribution < -0.4 is 3.12 Å². The summed E-state index contributed by atoms with van der Waals surface area (Å²) in [6.45, 7) is 0. The number of rotatable bonds is 0. The Hall–Kier alpha value is 0.362. The Morgan fingerprint density at radius 1 is 1.44 bits per heavy atom. The molecule has 0 N–H and O–H groups in total. The van der Waals surface area contributed by atoms with Gasteiger partial charge in [-0.05, 0) is 0 Å². The number of hydrogen-bond donors (Lipinski definition) is 0. The van der Waals surface area contributed by atoms with Crippen molar-refractivity contribution >= 4 is 40.5 Å². The fourth-order valence-electron chi connectivity index (χ4n) is 0.496. The van der Waals surface area contributed by atoms with Crippen LogP contribution in [0.15, 0.2) is 18.2 Å². The van der Waals surface area contributed by atoms with Gasteiger partial charge < -0.3 is 0 Å². The van der Waals surface area contributed by atoms with E-state index in [-0.39, 0.29) is 10.8 Å². The van der Waals surface area contributed by atoms with Gasteiger partial charge in [-0.25, -0.2) is 0 Å². The maximum absolute atomic E-state index is 12.5. The van der Waals surface area contributed by atoms with Crippen LogP contribution in [0.5, 0.6) is 0 Å². The Labute approximate surface area is 73.7 Å². The van der Waals surface area contributed by atoms with Gasteiger partial charge in [0.1, 0.15) is 0 Å². The zero-order valence-electron chi connectivity index (χ0n) is 4.49. The second kappa shape index (κ2) is 2.97. The first-order valence-corrected chi connectivity index (χ1v) is 4.69. The summed E-state index contributed by atoms with van der Waals surface area (Å²) in [5.74, 6) is -0.316. The third-order valence-corrected chi connectivity index (χ3v) is 2.44. The van der Waals surface area contributed by atoms with Crippen LogP contribution >= 0.6 is 11.6 Å². The maximum atomic E-state index is 12.5. The van der Waals surface area contributed by atoms with E-state index in [0.717, 1.165) is 28.9 Å². The van der Waals surface area contributed by atoms with Crippen LogP contribution in [0.4, 0.5) is 4.39 Å². The summed E-state index contributed by atoms with van der Waals surface area (Å²) in [4.78, 5) is 0. The van der Waals surface area contributed by atoms with E-state index in [2.05, 4.69) is 0 Å². The summed E-state index contributed by atoms with van der Waals surface area (Å²) >= 11 is 6.29. The van der Waals surface area contributed by atoms with E-state index in [0.29, 0.717) is 0 Å². The van der Waals surface area contributed by atoms with Crippen LogP contribution in [-0.4, -0.2) is 25.8 Å². The Morgan fingerprint density at radius 3 is 2.56 bits per heavy atom. The molecule has 0 spiro atoms. The fourth-order valence-corrected chi connectivity index (χ4v) is 1.43. The number of hydrogen-bond acceptors (Lipinski definition) is 0. The van der Waals surface area contributed by atoms with Gasteiger partial charge in [0, 0.05) is 0 Å². The molecule has 3 radical (unpaired) electrons. The molecular formula is C6H3ClFPb. The van der Waals surface area contributed by atoms with E-state index < -0.39 is 0 Å². The monoisotopic (exact) mass is 337 g/mol. The quantitative estimate of drug-likeness (QED) is 0.626. The van der Waals surface area contributed by atoms with E-state index in [1.54, 1.807) is 6.07 Å². The minimum absolute atomic E-state index is 0.203. The standard InChI is InChI=1S/C6H3ClF.Pb/c7-5-3-1-2-4-6(5)8;/h1,3-4H;. The Bertz CT molecular complexity index is 224. The summed E-state index contributed by atoms with van der Waals surface area (Å²) in [5, 5.41) is 0.203. The molecule has 0 saturated heterocycles. The number of halogens is 2. The van der Waals surface area contributed by atoms with Crippen LogP contribution in [0.1, 0.15) is 0 Å². The third-order valence-electron chi connectivity index (χ3n) is 0.920. The SMILES string of the molecule is Fc1c[c]([Pb])ccc1Cl. The van der Waals surface area contributed by atoms with E-state index in [1.165, 1.54) is 6.07 Å². The topological polar surface area (TPSA) is 0 Å². The van der Waals surface area contributed by atoms with Crippen molar-refractivity contribution in [2.24, 2.45) is 0 Å². The summed E-state index contributed by atoms with van der Waals surface area (Å²) in [5.41, 5.74) is 0. The van der Waals surface area contributed by atoms with Crippen molar-refractivity contribution < 1.29 is 4.39 Å². The summed E-state index contributed by atoms with van der Waals surface area (Å²) in [7, 11) is 0. The molecule has 0 saturated carbocycles. The van der Waals surface area contributed by atoms with E-state index in [1.807, 2.05) is 6.07 Å². The average molecular weight is 337 g/mol. The Balaban J connectivity index is 3.17. The Morgan fingerprint density at radius 2 is 2.11 bits per heavy atom. The van der Waals surface area contributed by atoms with Crippen molar-refractivity contribution in [3.05, 3.63) is 29.0 Å². The van der Waals surface area contributed by atoms with Crippen molar-refractivity contribution in [2.45, 2.75) is 0 Å². The van der Waals surface area contributed by atoms with E-state index in [4.69, 9.17) is 11.6 Å². The van der Waals surface area contributed by atoms with Crippen LogP contribution in [0, 0.1) is 5.82 Å². The molecule has 3 heteroatoms. The predicted octanol–water partition coefficient (Wildman–Crippen LogP) is 1.27. The normalized spacial score (nSPS) is 9.67. The van der Waals surface area contributed by atoms with Crippen molar-refractivity contribution in [2.75, 3.05) is 0 Å². The van der Waals surface area contributed by atoms with Gasteiger partial charge >= 0.3 is 73.9 Å². The molecule has 0 nitrogen and oxygen atoms in total. The summed E-state index contributed by atoms with van der Waals surface area (Å²) in [6, 6.07) is 4.88. The van der Waals surface area contributed by atoms with Crippen LogP contribution in [0.25, 0.3) is 0 Å². The van der Waals surface area contributed by atoms with Gasteiger partial charge in [0.15, 0.2) is 0 Å². The third kappa shape index (κ3) is 1.90. The number of benzene rings is 1. The predicted molar refractivity (Wildman–Crippen MR) is 36.8 cm³/mol. The molecule has 9 heavy (non-hydrogen) atoms. The minimum atomic E-state index is -0.316. The van der Waals surface area contributed by atoms with Gasteiger partial charge in [-0.3, -0.25) is 0 Å². The molecule has 45 valence electrons. The van der Waals surface area contributed by atoms with E-state index in [9.17, 15) is 4.39 Å². The molecule has 1 aromatic rings. The molecule has 1 rings (SSSR count). The molecule has 0 bridgehead atoms. The average Bonchev–Trinajstić information content (AvgIpc) is 1.80. The van der Waals surface area contributed by atoms with Gasteiger partial charge in [0.05, 0.1) is 0 Å². The van der Waals surface area contributed by atoms with Crippen molar-refractivity contribution in [3.63, 3.8) is 0 Å². The van der Waals surface area contributed by atoms with Gasteiger partial charge in [-0.1, -0.05) is 0 Å². The molecule has 0 unspecified atom stereocenters. The van der Waals surface area contributed by atoms with Crippen LogP contribution in [0.2, 0.25) is 5.02 Å². The zero-order chi connectivity index (χ0) is 6.85. The van der Waals surface area contributed by atoms with Gasteiger partial charge in [0.2, 0.25) is 0 Å². The molecule has 0 atom stereocenters. The Kier molecular flexibility index (Phi) is 2.46. The molecule has 0 aliphatic rings. The second-order valence-electron chi connectivity index (χ2n) is 1.63. The fraction of sp³-hybridized carbons (Fsp3) is 0. The van der Waals surface area contributed by atoms with Gasteiger partial charge in [-0.2, -0.15) is 0 Å². The van der Waals surface area contributed by atoms with Crippen molar-refractivity contribution in [1.29, 1.82) is 0 Å². The van der Waals surface area contributed by atoms with E-state index >= 15 is 0 Å². The summed E-state index contributed by atoms with van der Waals surface area (Å²) < 4.78 is 13.5. The molecule has 0 heterocycles. The molecule has 0 amide bonds. The molecular weight excluding hydrogens is 334 g/mol. The first-order valence-electron chi connectivity index (χ1n) is 2.37. The second-order valence-corrected chi connectivity index (χ2v) is 4.28. The molecule has 0 aromatic heterocycles. The van der Waals surface area contributed by atoms with Crippen LogP contribution in [0.3, 0.4) is 0 Å². The molecule has 0 aliphatic heterocycles. The molecule has 0 aliphatic carbocycles.